The Balaban J connectivity index is 1.89. The van der Waals surface area contributed by atoms with Gasteiger partial charge in [0.1, 0.15) is 12.4 Å². The number of ether oxygens (including phenoxy) is 1. The molecule has 0 fully saturated rings. The van der Waals surface area contributed by atoms with Gasteiger partial charge in [0.15, 0.2) is 0 Å². The summed E-state index contributed by atoms with van der Waals surface area (Å²) in [5, 5.41) is 6.11. The molecule has 1 amide bonds. The predicted octanol–water partition coefficient (Wildman–Crippen LogP) is 4.62. The quantitative estimate of drug-likeness (QED) is 0.724. The van der Waals surface area contributed by atoms with E-state index in [1.807, 2.05) is 45.0 Å². The van der Waals surface area contributed by atoms with Gasteiger partial charge in [-0.2, -0.15) is 0 Å². The number of hydrogen-bond acceptors (Lipinski definition) is 3. The average Bonchev–Trinajstić information content (AvgIpc) is 2.53. The molecule has 0 saturated carbocycles. The van der Waals surface area contributed by atoms with E-state index < -0.39 is 0 Å². The number of hydrogen-bond donors (Lipinski definition) is 2. The van der Waals surface area contributed by atoms with Crippen LogP contribution < -0.4 is 15.4 Å². The van der Waals surface area contributed by atoms with Crippen LogP contribution in [-0.4, -0.2) is 19.1 Å². The molecule has 132 valence electrons. The van der Waals surface area contributed by atoms with Gasteiger partial charge in [0.25, 0.3) is 0 Å². The molecule has 0 aliphatic heterocycles. The Morgan fingerprint density at radius 2 is 1.68 bits per heavy atom. The first-order valence-electron chi connectivity index (χ1n) is 8.34. The van der Waals surface area contributed by atoms with Crippen LogP contribution in [-0.2, 0) is 4.79 Å². The molecule has 0 aliphatic carbocycles. The van der Waals surface area contributed by atoms with E-state index in [4.69, 9.17) is 4.74 Å². The lowest BCUT2D eigenvalue weighted by atomic mass is 10.1. The zero-order valence-corrected chi connectivity index (χ0v) is 15.4. The van der Waals surface area contributed by atoms with Gasteiger partial charge in [-0.15, -0.1) is 0 Å². The Bertz CT molecular complexity index is 741. The van der Waals surface area contributed by atoms with Crippen molar-refractivity contribution < 1.29 is 9.53 Å². The largest absolute Gasteiger partial charge is 0.489 e. The van der Waals surface area contributed by atoms with Crippen molar-refractivity contribution in [3.63, 3.8) is 0 Å². The molecule has 2 aromatic carbocycles. The second-order valence-corrected chi connectivity index (χ2v) is 6.45. The first kappa shape index (κ1) is 18.6. The monoisotopic (exact) mass is 338 g/mol. The molecule has 0 aliphatic rings. The minimum Gasteiger partial charge on any atom is -0.489 e. The van der Waals surface area contributed by atoms with Gasteiger partial charge in [0, 0.05) is 11.4 Å². The summed E-state index contributed by atoms with van der Waals surface area (Å²) in [6.45, 7) is 12.6. The van der Waals surface area contributed by atoms with Crippen LogP contribution in [0.15, 0.2) is 48.6 Å². The van der Waals surface area contributed by atoms with Gasteiger partial charge in [-0.05, 0) is 68.7 Å². The fourth-order valence-electron chi connectivity index (χ4n) is 2.67. The molecule has 2 N–H and O–H groups in total. The maximum Gasteiger partial charge on any atom is 0.243 e. The Kier molecular flexibility index (Phi) is 6.23. The van der Waals surface area contributed by atoms with Gasteiger partial charge in [-0.1, -0.05) is 24.3 Å². The van der Waals surface area contributed by atoms with Crippen molar-refractivity contribution in [2.24, 2.45) is 0 Å². The normalized spacial score (nSPS) is 10.2. The molecule has 0 radical (unpaired) electrons. The van der Waals surface area contributed by atoms with Gasteiger partial charge < -0.3 is 15.4 Å². The average molecular weight is 338 g/mol. The number of carbonyl (C=O) groups excluding carboxylic acids is 1. The standard InChI is InChI=1S/C21H26N2O2/c1-14(2)13-25-19-8-6-18(7-9-19)23-20(24)12-22-21-16(4)10-15(3)11-17(21)5/h6-11,22H,1,12-13H2,2-5H3,(H,23,24). The maximum atomic E-state index is 12.2. The zero-order chi connectivity index (χ0) is 18.4. The smallest absolute Gasteiger partial charge is 0.243 e. The van der Waals surface area contributed by atoms with Crippen LogP contribution in [0.1, 0.15) is 23.6 Å². The Morgan fingerprint density at radius 1 is 1.08 bits per heavy atom. The number of benzene rings is 2. The van der Waals surface area contributed by atoms with Crippen LogP contribution in [0.4, 0.5) is 11.4 Å². The van der Waals surface area contributed by atoms with Crippen LogP contribution in [0.25, 0.3) is 0 Å². The summed E-state index contributed by atoms with van der Waals surface area (Å²) in [5.41, 5.74) is 6.23. The van der Waals surface area contributed by atoms with E-state index in [-0.39, 0.29) is 12.5 Å². The van der Waals surface area contributed by atoms with Crippen molar-refractivity contribution in [3.05, 3.63) is 65.2 Å². The van der Waals surface area contributed by atoms with Gasteiger partial charge >= 0.3 is 0 Å². The first-order chi connectivity index (χ1) is 11.8. The molecule has 4 heteroatoms. The van der Waals surface area contributed by atoms with E-state index in [2.05, 4.69) is 36.3 Å². The van der Waals surface area contributed by atoms with Crippen molar-refractivity contribution >= 4 is 17.3 Å². The van der Waals surface area contributed by atoms with E-state index in [1.54, 1.807) is 0 Å². The van der Waals surface area contributed by atoms with Crippen LogP contribution in [0.5, 0.6) is 5.75 Å². The summed E-state index contributed by atoms with van der Waals surface area (Å²) in [5.74, 6) is 0.667. The fourth-order valence-corrected chi connectivity index (χ4v) is 2.67. The van der Waals surface area contributed by atoms with Gasteiger partial charge in [-0.25, -0.2) is 0 Å². The molecule has 0 unspecified atom stereocenters. The summed E-state index contributed by atoms with van der Waals surface area (Å²) in [4.78, 5) is 12.2. The minimum absolute atomic E-state index is 0.0880. The molecule has 2 rings (SSSR count). The summed E-state index contributed by atoms with van der Waals surface area (Å²) in [6.07, 6.45) is 0. The third kappa shape index (κ3) is 5.68. The lowest BCUT2D eigenvalue weighted by Gasteiger charge is -2.14. The van der Waals surface area contributed by atoms with E-state index in [1.165, 1.54) is 5.56 Å². The molecule has 0 aromatic heterocycles. The second-order valence-electron chi connectivity index (χ2n) is 6.45. The molecule has 0 saturated heterocycles. The van der Waals surface area contributed by atoms with Gasteiger partial charge in [-0.3, -0.25) is 4.79 Å². The molecule has 0 heterocycles. The van der Waals surface area contributed by atoms with Crippen molar-refractivity contribution in [2.75, 3.05) is 23.8 Å². The van der Waals surface area contributed by atoms with Gasteiger partial charge in [0.05, 0.1) is 6.54 Å². The lowest BCUT2D eigenvalue weighted by Crippen LogP contribution is -2.22. The predicted molar refractivity (Wildman–Crippen MR) is 105 cm³/mol. The maximum absolute atomic E-state index is 12.2. The lowest BCUT2D eigenvalue weighted by molar-refractivity contribution is -0.114. The topological polar surface area (TPSA) is 50.4 Å². The van der Waals surface area contributed by atoms with Crippen molar-refractivity contribution in [3.8, 4) is 5.75 Å². The number of nitrogens with one attached hydrogen (secondary N) is 2. The summed E-state index contributed by atoms with van der Waals surface area (Å²) >= 11 is 0. The van der Waals surface area contributed by atoms with E-state index in [9.17, 15) is 4.79 Å². The molecule has 0 spiro atoms. The number of anilines is 2. The summed E-state index contributed by atoms with van der Waals surface area (Å²) in [7, 11) is 0. The fraction of sp³-hybridized carbons (Fsp3) is 0.286. The highest BCUT2D eigenvalue weighted by atomic mass is 16.5. The van der Waals surface area contributed by atoms with Gasteiger partial charge in [0.2, 0.25) is 5.91 Å². The van der Waals surface area contributed by atoms with E-state index in [0.717, 1.165) is 33.8 Å². The molecule has 4 nitrogen and oxygen atoms in total. The molecular weight excluding hydrogens is 312 g/mol. The number of carbonyl (C=O) groups is 1. The molecule has 2 aromatic rings. The zero-order valence-electron chi connectivity index (χ0n) is 15.4. The van der Waals surface area contributed by atoms with Crippen LogP contribution in [0.2, 0.25) is 0 Å². The summed E-state index contributed by atoms with van der Waals surface area (Å²) < 4.78 is 5.54. The number of amides is 1. The number of rotatable bonds is 7. The number of aryl methyl sites for hydroxylation is 3. The van der Waals surface area contributed by atoms with Crippen molar-refractivity contribution in [1.29, 1.82) is 0 Å². The van der Waals surface area contributed by atoms with Crippen LogP contribution in [0.3, 0.4) is 0 Å². The molecular formula is C21H26N2O2. The van der Waals surface area contributed by atoms with Crippen molar-refractivity contribution in [1.82, 2.24) is 0 Å². The Morgan fingerprint density at radius 3 is 2.24 bits per heavy atom. The minimum atomic E-state index is -0.0880. The third-order valence-corrected chi connectivity index (χ3v) is 3.73. The highest BCUT2D eigenvalue weighted by Crippen LogP contribution is 2.21. The van der Waals surface area contributed by atoms with E-state index >= 15 is 0 Å². The molecule has 0 atom stereocenters. The molecule has 0 bridgehead atoms. The second kappa shape index (κ2) is 8.38. The summed E-state index contributed by atoms with van der Waals surface area (Å²) in [6, 6.07) is 11.5. The van der Waals surface area contributed by atoms with Crippen molar-refractivity contribution in [2.45, 2.75) is 27.7 Å². The first-order valence-corrected chi connectivity index (χ1v) is 8.34. The van der Waals surface area contributed by atoms with Crippen LogP contribution in [0, 0.1) is 20.8 Å². The SMILES string of the molecule is C=C(C)COc1ccc(NC(=O)CNc2c(C)cc(C)cc2C)cc1. The Hall–Kier alpha value is -2.75. The Labute approximate surface area is 149 Å². The third-order valence-electron chi connectivity index (χ3n) is 3.73. The highest BCUT2D eigenvalue weighted by Gasteiger charge is 2.07. The van der Waals surface area contributed by atoms with Crippen LogP contribution >= 0.6 is 0 Å². The highest BCUT2D eigenvalue weighted by molar-refractivity contribution is 5.94. The molecule has 25 heavy (non-hydrogen) atoms. The van der Waals surface area contributed by atoms with E-state index in [0.29, 0.717) is 6.61 Å².